The molecule has 19 heavy (non-hydrogen) atoms. The van der Waals surface area contributed by atoms with Crippen molar-refractivity contribution in [3.63, 3.8) is 0 Å². The fourth-order valence-corrected chi connectivity index (χ4v) is 2.38. The quantitative estimate of drug-likeness (QED) is 0.910. The van der Waals surface area contributed by atoms with Gasteiger partial charge in [-0.3, -0.25) is 0 Å². The van der Waals surface area contributed by atoms with Crippen LogP contribution in [0.4, 0.5) is 0 Å². The summed E-state index contributed by atoms with van der Waals surface area (Å²) >= 11 is 5.98. The van der Waals surface area contributed by atoms with Gasteiger partial charge in [0.05, 0.1) is 5.60 Å². The molecule has 0 saturated carbocycles. The minimum atomic E-state index is -0.970. The van der Waals surface area contributed by atoms with Gasteiger partial charge in [0.1, 0.15) is 5.82 Å². The van der Waals surface area contributed by atoms with Crippen LogP contribution < -0.4 is 0 Å². The Morgan fingerprint density at radius 2 is 2.21 bits per heavy atom. The lowest BCUT2D eigenvalue weighted by atomic mass is 9.92. The summed E-state index contributed by atoms with van der Waals surface area (Å²) in [5.41, 5.74) is -0.159. The molecule has 0 spiro atoms. The van der Waals surface area contributed by atoms with E-state index in [0.717, 1.165) is 24.4 Å². The molecular weight excluding hydrogens is 260 g/mol. The van der Waals surface area contributed by atoms with Crippen molar-refractivity contribution in [1.82, 2.24) is 9.55 Å². The molecule has 4 heteroatoms. The second-order valence-corrected chi connectivity index (χ2v) is 5.43. The van der Waals surface area contributed by atoms with E-state index in [1.807, 2.05) is 18.3 Å². The Hall–Kier alpha value is -1.32. The summed E-state index contributed by atoms with van der Waals surface area (Å²) in [5, 5.41) is 11.3. The lowest BCUT2D eigenvalue weighted by Gasteiger charge is -2.24. The average Bonchev–Trinajstić information content (AvgIpc) is 2.76. The fraction of sp³-hybridized carbons (Fsp3) is 0.400. The molecule has 0 fully saturated rings. The van der Waals surface area contributed by atoms with E-state index in [1.165, 1.54) is 0 Å². The van der Waals surface area contributed by atoms with Gasteiger partial charge in [-0.25, -0.2) is 4.98 Å². The van der Waals surface area contributed by atoms with Crippen LogP contribution in [-0.4, -0.2) is 14.7 Å². The summed E-state index contributed by atoms with van der Waals surface area (Å²) in [4.78, 5) is 4.34. The highest BCUT2D eigenvalue weighted by atomic mass is 35.5. The zero-order valence-electron chi connectivity index (χ0n) is 11.3. The maximum Gasteiger partial charge on any atom is 0.111 e. The third-order valence-electron chi connectivity index (χ3n) is 3.22. The average molecular weight is 279 g/mol. The molecule has 3 nitrogen and oxygen atoms in total. The number of hydrogen-bond donors (Lipinski definition) is 1. The standard InChI is InChI=1S/C15H19ClN2O/c1-3-8-18-9-7-17-14(18)11-15(2,19)12-5-4-6-13(16)10-12/h4-7,9-10,19H,3,8,11H2,1-2H3. The monoisotopic (exact) mass is 278 g/mol. The van der Waals surface area contributed by atoms with Crippen molar-refractivity contribution in [3.8, 4) is 0 Å². The van der Waals surface area contributed by atoms with E-state index in [0.29, 0.717) is 11.4 Å². The Labute approximate surface area is 118 Å². The predicted octanol–water partition coefficient (Wildman–Crippen LogP) is 3.40. The number of rotatable bonds is 5. The first kappa shape index (κ1) is 14.1. The van der Waals surface area contributed by atoms with Crippen LogP contribution in [0.5, 0.6) is 0 Å². The van der Waals surface area contributed by atoms with E-state index >= 15 is 0 Å². The van der Waals surface area contributed by atoms with Crippen molar-refractivity contribution in [3.05, 3.63) is 53.1 Å². The highest BCUT2D eigenvalue weighted by Gasteiger charge is 2.25. The number of aryl methyl sites for hydroxylation is 1. The Kier molecular flexibility index (Phi) is 4.27. The van der Waals surface area contributed by atoms with E-state index in [4.69, 9.17) is 11.6 Å². The number of aliphatic hydroxyl groups is 1. The zero-order valence-corrected chi connectivity index (χ0v) is 12.1. The molecular formula is C15H19ClN2O. The third-order valence-corrected chi connectivity index (χ3v) is 3.45. The first-order valence-corrected chi connectivity index (χ1v) is 6.89. The first-order chi connectivity index (χ1) is 9.03. The largest absolute Gasteiger partial charge is 0.385 e. The van der Waals surface area contributed by atoms with Crippen LogP contribution in [0.1, 0.15) is 31.7 Å². The van der Waals surface area contributed by atoms with Gasteiger partial charge in [0, 0.05) is 30.4 Å². The number of benzene rings is 1. The molecule has 0 saturated heterocycles. The first-order valence-electron chi connectivity index (χ1n) is 6.51. The van der Waals surface area contributed by atoms with E-state index in [2.05, 4.69) is 16.5 Å². The van der Waals surface area contributed by atoms with Gasteiger partial charge in [0.15, 0.2) is 0 Å². The van der Waals surface area contributed by atoms with Crippen LogP contribution in [0.15, 0.2) is 36.7 Å². The number of halogens is 1. The van der Waals surface area contributed by atoms with Gasteiger partial charge < -0.3 is 9.67 Å². The third kappa shape index (κ3) is 3.37. The topological polar surface area (TPSA) is 38.0 Å². The SMILES string of the molecule is CCCn1ccnc1CC(C)(O)c1cccc(Cl)c1. The number of hydrogen-bond acceptors (Lipinski definition) is 2. The van der Waals surface area contributed by atoms with Crippen LogP contribution in [0.2, 0.25) is 5.02 Å². The van der Waals surface area contributed by atoms with Crippen LogP contribution in [0.25, 0.3) is 0 Å². The van der Waals surface area contributed by atoms with Crippen LogP contribution in [-0.2, 0) is 18.6 Å². The number of aromatic nitrogens is 2. The van der Waals surface area contributed by atoms with E-state index in [9.17, 15) is 5.11 Å². The fourth-order valence-electron chi connectivity index (χ4n) is 2.19. The molecule has 1 N–H and O–H groups in total. The Balaban J connectivity index is 2.23. The summed E-state index contributed by atoms with van der Waals surface area (Å²) in [5.74, 6) is 0.895. The van der Waals surface area contributed by atoms with Crippen LogP contribution >= 0.6 is 11.6 Å². The van der Waals surface area contributed by atoms with Crippen molar-refractivity contribution >= 4 is 11.6 Å². The van der Waals surface area contributed by atoms with Crippen molar-refractivity contribution in [2.75, 3.05) is 0 Å². The molecule has 0 amide bonds. The molecule has 0 bridgehead atoms. The maximum atomic E-state index is 10.7. The lowest BCUT2D eigenvalue weighted by Crippen LogP contribution is -2.26. The van der Waals surface area contributed by atoms with Gasteiger partial charge in [-0.2, -0.15) is 0 Å². The molecule has 1 aromatic carbocycles. The minimum Gasteiger partial charge on any atom is -0.385 e. The van der Waals surface area contributed by atoms with Crippen molar-refractivity contribution < 1.29 is 5.11 Å². The van der Waals surface area contributed by atoms with E-state index in [-0.39, 0.29) is 0 Å². The minimum absolute atomic E-state index is 0.473. The normalized spacial score (nSPS) is 14.3. The van der Waals surface area contributed by atoms with Gasteiger partial charge in [0.2, 0.25) is 0 Å². The highest BCUT2D eigenvalue weighted by molar-refractivity contribution is 6.30. The van der Waals surface area contributed by atoms with Crippen LogP contribution in [0.3, 0.4) is 0 Å². The molecule has 1 aromatic heterocycles. The van der Waals surface area contributed by atoms with Crippen LogP contribution in [0, 0.1) is 0 Å². The van der Waals surface area contributed by atoms with E-state index < -0.39 is 5.60 Å². The predicted molar refractivity (Wildman–Crippen MR) is 77.2 cm³/mol. The zero-order chi connectivity index (χ0) is 13.9. The Morgan fingerprint density at radius 1 is 1.42 bits per heavy atom. The summed E-state index contributed by atoms with van der Waals surface area (Å²) in [6.45, 7) is 4.84. The summed E-state index contributed by atoms with van der Waals surface area (Å²) in [6.07, 6.45) is 5.24. The van der Waals surface area contributed by atoms with E-state index in [1.54, 1.807) is 25.3 Å². The summed E-state index contributed by atoms with van der Waals surface area (Å²) < 4.78 is 2.08. The second-order valence-electron chi connectivity index (χ2n) is 5.00. The maximum absolute atomic E-state index is 10.7. The molecule has 102 valence electrons. The molecule has 1 heterocycles. The highest BCUT2D eigenvalue weighted by Crippen LogP contribution is 2.26. The summed E-state index contributed by atoms with van der Waals surface area (Å²) in [6, 6.07) is 7.34. The molecule has 1 unspecified atom stereocenters. The van der Waals surface area contributed by atoms with Crippen molar-refractivity contribution in [2.24, 2.45) is 0 Å². The second kappa shape index (κ2) is 5.76. The lowest BCUT2D eigenvalue weighted by molar-refractivity contribution is 0.0545. The Morgan fingerprint density at radius 3 is 2.89 bits per heavy atom. The Bertz CT molecular complexity index is 549. The smallest absolute Gasteiger partial charge is 0.111 e. The molecule has 2 rings (SSSR count). The molecule has 0 aliphatic carbocycles. The number of imidazole rings is 1. The molecule has 0 radical (unpaired) electrons. The summed E-state index contributed by atoms with van der Waals surface area (Å²) in [7, 11) is 0. The van der Waals surface area contributed by atoms with Gasteiger partial charge in [-0.1, -0.05) is 30.7 Å². The van der Waals surface area contributed by atoms with Crippen molar-refractivity contribution in [2.45, 2.75) is 38.8 Å². The van der Waals surface area contributed by atoms with Gasteiger partial charge in [-0.05, 0) is 31.0 Å². The molecule has 0 aliphatic heterocycles. The van der Waals surface area contributed by atoms with Gasteiger partial charge >= 0.3 is 0 Å². The van der Waals surface area contributed by atoms with Gasteiger partial charge in [-0.15, -0.1) is 0 Å². The number of nitrogens with zero attached hydrogens (tertiary/aromatic N) is 2. The molecule has 0 aliphatic rings. The van der Waals surface area contributed by atoms with Gasteiger partial charge in [0.25, 0.3) is 0 Å². The molecule has 2 aromatic rings. The molecule has 1 atom stereocenters. The van der Waals surface area contributed by atoms with Crippen molar-refractivity contribution in [1.29, 1.82) is 0 Å².